The van der Waals surface area contributed by atoms with E-state index in [1.165, 1.54) is 24.1 Å². The number of hydrogen-bond donors (Lipinski definition) is 1. The van der Waals surface area contributed by atoms with Gasteiger partial charge in [-0.1, -0.05) is 53.5 Å². The Morgan fingerprint density at radius 2 is 1.74 bits per heavy atom. The molecule has 0 aliphatic carbocycles. The summed E-state index contributed by atoms with van der Waals surface area (Å²) in [5.74, 6) is -0.393. The van der Waals surface area contributed by atoms with Gasteiger partial charge in [0, 0.05) is 22.6 Å². The van der Waals surface area contributed by atoms with Crippen molar-refractivity contribution in [1.29, 1.82) is 0 Å². The number of anilines is 1. The number of methoxy groups -OCH3 is 1. The number of carbonyl (C=O) groups excluding carboxylic acids is 2. The number of carbonyl (C=O) groups is 2. The van der Waals surface area contributed by atoms with Crippen LogP contribution >= 0.6 is 27.5 Å². The van der Waals surface area contributed by atoms with Crippen molar-refractivity contribution in [3.63, 3.8) is 0 Å². The average Bonchev–Trinajstić information content (AvgIpc) is 2.79. The maximum absolute atomic E-state index is 13.6. The molecule has 0 aliphatic rings. The van der Waals surface area contributed by atoms with Crippen LogP contribution in [0.25, 0.3) is 0 Å². The number of sulfonamides is 1. The fraction of sp³-hybridized carbons (Fsp3) is 0.417. The molecule has 35 heavy (non-hydrogen) atoms. The molecule has 0 bridgehead atoms. The van der Waals surface area contributed by atoms with Crippen molar-refractivity contribution in [1.82, 2.24) is 10.2 Å². The van der Waals surface area contributed by atoms with Crippen molar-refractivity contribution in [2.45, 2.75) is 33.4 Å². The third-order valence-corrected chi connectivity index (χ3v) is 7.10. The Morgan fingerprint density at radius 3 is 2.29 bits per heavy atom. The highest BCUT2D eigenvalue weighted by molar-refractivity contribution is 9.10. The van der Waals surface area contributed by atoms with Crippen molar-refractivity contribution in [3.8, 4) is 5.75 Å². The predicted molar refractivity (Wildman–Crippen MR) is 142 cm³/mol. The Bertz CT molecular complexity index is 1140. The minimum Gasteiger partial charge on any atom is -0.495 e. The molecule has 2 aromatic rings. The molecule has 8 nitrogen and oxygen atoms in total. The quantitative estimate of drug-likeness (QED) is 0.427. The zero-order valence-electron chi connectivity index (χ0n) is 20.4. The smallest absolute Gasteiger partial charge is 0.244 e. The van der Waals surface area contributed by atoms with Gasteiger partial charge in [0.1, 0.15) is 18.3 Å². The monoisotopic (exact) mass is 587 g/mol. The summed E-state index contributed by atoms with van der Waals surface area (Å²) >= 11 is 9.50. The lowest BCUT2D eigenvalue weighted by atomic mass is 10.1. The molecule has 0 fully saturated rings. The lowest BCUT2D eigenvalue weighted by Crippen LogP contribution is -2.51. The highest BCUT2D eigenvalue weighted by Gasteiger charge is 2.31. The Hall–Kier alpha value is -2.30. The van der Waals surface area contributed by atoms with Crippen LogP contribution in [0, 0.1) is 5.92 Å². The summed E-state index contributed by atoms with van der Waals surface area (Å²) in [5, 5.41) is 3.13. The number of ether oxygens (including phenoxy) is 1. The van der Waals surface area contributed by atoms with Gasteiger partial charge in [-0.25, -0.2) is 8.42 Å². The summed E-state index contributed by atoms with van der Waals surface area (Å²) in [6.07, 6.45) is 0.998. The summed E-state index contributed by atoms with van der Waals surface area (Å²) in [4.78, 5) is 27.8. The molecule has 1 N–H and O–H groups in total. The highest BCUT2D eigenvalue weighted by atomic mass is 79.9. The van der Waals surface area contributed by atoms with Crippen molar-refractivity contribution in [2.75, 3.05) is 30.8 Å². The largest absolute Gasteiger partial charge is 0.495 e. The number of nitrogens with zero attached hydrogens (tertiary/aromatic N) is 2. The molecule has 0 saturated carbocycles. The van der Waals surface area contributed by atoms with Gasteiger partial charge in [0.15, 0.2) is 0 Å². The van der Waals surface area contributed by atoms with Crippen LogP contribution in [0.2, 0.25) is 5.02 Å². The molecular weight excluding hydrogens is 558 g/mol. The fourth-order valence-corrected chi connectivity index (χ4v) is 4.55. The van der Waals surface area contributed by atoms with Gasteiger partial charge in [-0.2, -0.15) is 0 Å². The van der Waals surface area contributed by atoms with E-state index < -0.39 is 28.5 Å². The third-order valence-electron chi connectivity index (χ3n) is 5.21. The summed E-state index contributed by atoms with van der Waals surface area (Å²) in [7, 11) is -2.50. The third kappa shape index (κ3) is 8.40. The number of amides is 2. The second kappa shape index (κ2) is 12.6. The van der Waals surface area contributed by atoms with Crippen molar-refractivity contribution < 1.29 is 22.7 Å². The zero-order valence-corrected chi connectivity index (χ0v) is 23.6. The van der Waals surface area contributed by atoms with Crippen LogP contribution in [0.4, 0.5) is 5.69 Å². The SMILES string of the molecule is COc1ccc(Cl)cc1N(CC(=O)N(Cc1ccc(Br)cc1)C(C)C(=O)NCC(C)C)S(C)(=O)=O. The van der Waals surface area contributed by atoms with Crippen LogP contribution in [0.3, 0.4) is 0 Å². The molecule has 0 spiro atoms. The molecule has 2 amide bonds. The minimum atomic E-state index is -3.90. The van der Waals surface area contributed by atoms with E-state index in [4.69, 9.17) is 16.3 Å². The van der Waals surface area contributed by atoms with E-state index >= 15 is 0 Å². The first-order chi connectivity index (χ1) is 16.3. The van der Waals surface area contributed by atoms with Crippen LogP contribution in [0.15, 0.2) is 46.9 Å². The highest BCUT2D eigenvalue weighted by Crippen LogP contribution is 2.33. The molecular formula is C24H31BrClN3O5S. The maximum atomic E-state index is 13.6. The van der Waals surface area contributed by atoms with Crippen LogP contribution < -0.4 is 14.4 Å². The Morgan fingerprint density at radius 1 is 1.11 bits per heavy atom. The normalized spacial score (nSPS) is 12.2. The van der Waals surface area contributed by atoms with Crippen molar-refractivity contribution in [2.24, 2.45) is 5.92 Å². The first kappa shape index (κ1) is 28.9. The van der Waals surface area contributed by atoms with E-state index in [0.29, 0.717) is 6.54 Å². The Labute approximate surface area is 220 Å². The summed E-state index contributed by atoms with van der Waals surface area (Å²) in [6.45, 7) is 5.60. The van der Waals surface area contributed by atoms with Gasteiger partial charge in [-0.15, -0.1) is 0 Å². The molecule has 0 radical (unpaired) electrons. The zero-order chi connectivity index (χ0) is 26.3. The van der Waals surface area contributed by atoms with Gasteiger partial charge in [0.25, 0.3) is 0 Å². The van der Waals surface area contributed by atoms with E-state index in [1.807, 2.05) is 38.1 Å². The molecule has 1 unspecified atom stereocenters. The Kier molecular flexibility index (Phi) is 10.4. The van der Waals surface area contributed by atoms with E-state index in [1.54, 1.807) is 13.0 Å². The molecule has 0 aliphatic heterocycles. The van der Waals surface area contributed by atoms with Gasteiger partial charge in [0.2, 0.25) is 21.8 Å². The molecule has 2 rings (SSSR count). The van der Waals surface area contributed by atoms with Crippen LogP contribution in [0.1, 0.15) is 26.3 Å². The predicted octanol–water partition coefficient (Wildman–Crippen LogP) is 4.07. The van der Waals surface area contributed by atoms with E-state index in [0.717, 1.165) is 20.6 Å². The summed E-state index contributed by atoms with van der Waals surface area (Å²) < 4.78 is 32.6. The first-order valence-corrected chi connectivity index (χ1v) is 14.0. The fourth-order valence-electron chi connectivity index (χ4n) is 3.27. The van der Waals surface area contributed by atoms with Gasteiger partial charge in [0.05, 0.1) is 19.1 Å². The average molecular weight is 589 g/mol. The van der Waals surface area contributed by atoms with Crippen LogP contribution in [-0.2, 0) is 26.2 Å². The van der Waals surface area contributed by atoms with Gasteiger partial charge in [-0.05, 0) is 48.7 Å². The molecule has 2 aromatic carbocycles. The first-order valence-electron chi connectivity index (χ1n) is 11.0. The second-order valence-electron chi connectivity index (χ2n) is 8.55. The summed E-state index contributed by atoms with van der Waals surface area (Å²) in [5.41, 5.74) is 0.924. The number of hydrogen-bond acceptors (Lipinski definition) is 5. The molecule has 0 aromatic heterocycles. The molecule has 0 heterocycles. The minimum absolute atomic E-state index is 0.118. The molecule has 1 atom stereocenters. The van der Waals surface area contributed by atoms with Crippen LogP contribution in [-0.4, -0.2) is 57.6 Å². The topological polar surface area (TPSA) is 96.0 Å². The van der Waals surface area contributed by atoms with Crippen LogP contribution in [0.5, 0.6) is 5.75 Å². The molecule has 0 saturated heterocycles. The number of halogens is 2. The van der Waals surface area contributed by atoms with Gasteiger partial charge in [-0.3, -0.25) is 13.9 Å². The lowest BCUT2D eigenvalue weighted by molar-refractivity contribution is -0.139. The Balaban J connectivity index is 2.43. The number of rotatable bonds is 11. The van der Waals surface area contributed by atoms with E-state index in [-0.39, 0.29) is 34.8 Å². The number of nitrogens with one attached hydrogen (secondary N) is 1. The second-order valence-corrected chi connectivity index (χ2v) is 11.8. The number of benzene rings is 2. The van der Waals surface area contributed by atoms with E-state index in [9.17, 15) is 18.0 Å². The summed E-state index contributed by atoms with van der Waals surface area (Å²) in [6, 6.07) is 11.0. The van der Waals surface area contributed by atoms with E-state index in [2.05, 4.69) is 21.2 Å². The van der Waals surface area contributed by atoms with Gasteiger partial charge >= 0.3 is 0 Å². The van der Waals surface area contributed by atoms with Crippen molar-refractivity contribution in [3.05, 3.63) is 57.5 Å². The lowest BCUT2D eigenvalue weighted by Gasteiger charge is -2.32. The molecule has 192 valence electrons. The maximum Gasteiger partial charge on any atom is 0.244 e. The van der Waals surface area contributed by atoms with Crippen molar-refractivity contribution >= 4 is 55.1 Å². The van der Waals surface area contributed by atoms with Gasteiger partial charge < -0.3 is 15.0 Å². The molecule has 11 heteroatoms. The standard InChI is InChI=1S/C24H31BrClN3O5S/c1-16(2)13-27-24(31)17(3)28(14-18-6-8-19(25)9-7-18)23(30)15-29(35(5,32)33)21-12-20(26)10-11-22(21)34-4/h6-12,16-17H,13-15H2,1-5H3,(H,27,31).